The molecule has 4 N–H and O–H groups in total. The first-order valence-corrected chi connectivity index (χ1v) is 5.22. The van der Waals surface area contributed by atoms with Crippen LogP contribution in [-0.4, -0.2) is 51.2 Å². The van der Waals surface area contributed by atoms with Crippen molar-refractivity contribution in [2.24, 2.45) is 5.73 Å². The van der Waals surface area contributed by atoms with Gasteiger partial charge in [0.25, 0.3) is 0 Å². The third-order valence-corrected chi connectivity index (χ3v) is 2.39. The predicted octanol–water partition coefficient (Wildman–Crippen LogP) is -0.0876. The number of nitrogens with two attached hydrogens (primary N) is 1. The molecule has 0 saturated carbocycles. The Kier molecular flexibility index (Phi) is 6.59. The van der Waals surface area contributed by atoms with Gasteiger partial charge in [-0.3, -0.25) is 9.59 Å². The van der Waals surface area contributed by atoms with E-state index in [0.717, 1.165) is 19.4 Å². The second-order valence-corrected chi connectivity index (χ2v) is 3.72. The molecule has 0 aromatic carbocycles. The van der Waals surface area contributed by atoms with Crippen LogP contribution in [0.25, 0.3) is 0 Å². The molecule has 16 heavy (non-hydrogen) atoms. The van der Waals surface area contributed by atoms with Crippen LogP contribution in [0.15, 0.2) is 0 Å². The molecule has 1 amide bonds. The van der Waals surface area contributed by atoms with Crippen LogP contribution >= 0.6 is 12.2 Å². The number of amides is 1. The third-order valence-electron chi connectivity index (χ3n) is 2.12. The summed E-state index contributed by atoms with van der Waals surface area (Å²) in [5.74, 6) is -0.978. The number of aliphatic hydroxyl groups excluding tert-OH is 1. The molecule has 1 aliphatic heterocycles. The van der Waals surface area contributed by atoms with Gasteiger partial charge < -0.3 is 20.8 Å². The normalized spacial score (nSPS) is 18.6. The zero-order valence-corrected chi connectivity index (χ0v) is 9.87. The van der Waals surface area contributed by atoms with Crippen LogP contribution in [-0.2, 0) is 9.59 Å². The first-order chi connectivity index (χ1) is 7.40. The first-order valence-electron chi connectivity index (χ1n) is 4.82. The zero-order chi connectivity index (χ0) is 12.7. The van der Waals surface area contributed by atoms with Crippen molar-refractivity contribution < 1.29 is 19.8 Å². The average Bonchev–Trinajstić information content (AvgIpc) is 2.67. The third kappa shape index (κ3) is 5.04. The van der Waals surface area contributed by atoms with Gasteiger partial charge in [0.1, 0.15) is 0 Å². The van der Waals surface area contributed by atoms with E-state index in [1.807, 2.05) is 0 Å². The number of hydrogen-bond acceptors (Lipinski definition) is 4. The highest BCUT2D eigenvalue weighted by molar-refractivity contribution is 7.80. The number of carbonyl (C=O) groups is 2. The van der Waals surface area contributed by atoms with E-state index in [0.29, 0.717) is 0 Å². The molecule has 0 aromatic rings. The van der Waals surface area contributed by atoms with E-state index in [9.17, 15) is 9.59 Å². The zero-order valence-electron chi connectivity index (χ0n) is 9.05. The minimum Gasteiger partial charge on any atom is -0.500 e. The van der Waals surface area contributed by atoms with Crippen LogP contribution in [0.1, 0.15) is 19.8 Å². The molecule has 92 valence electrons. The van der Waals surface area contributed by atoms with Crippen molar-refractivity contribution in [2.45, 2.75) is 25.8 Å². The maximum absolute atomic E-state index is 10.9. The Morgan fingerprint density at radius 2 is 2.00 bits per heavy atom. The molecule has 0 radical (unpaired) electrons. The highest BCUT2D eigenvalue weighted by Crippen LogP contribution is 2.17. The Bertz CT molecular complexity index is 263. The maximum Gasteiger partial charge on any atom is 0.317 e. The van der Waals surface area contributed by atoms with Gasteiger partial charge >= 0.3 is 5.97 Å². The minimum atomic E-state index is -0.968. The van der Waals surface area contributed by atoms with Gasteiger partial charge in [0.15, 0.2) is 5.05 Å². The summed E-state index contributed by atoms with van der Waals surface area (Å²) in [5.41, 5.74) is 4.57. The van der Waals surface area contributed by atoms with Gasteiger partial charge in [0, 0.05) is 13.5 Å². The van der Waals surface area contributed by atoms with Crippen molar-refractivity contribution in [3.8, 4) is 0 Å². The molecule has 6 nitrogen and oxygen atoms in total. The van der Waals surface area contributed by atoms with Gasteiger partial charge in [-0.2, -0.15) is 0 Å². The van der Waals surface area contributed by atoms with Crippen molar-refractivity contribution in [1.29, 1.82) is 0 Å². The predicted molar refractivity (Wildman–Crippen MR) is 62.3 cm³/mol. The molecule has 0 bridgehead atoms. The largest absolute Gasteiger partial charge is 0.500 e. The smallest absolute Gasteiger partial charge is 0.317 e. The average molecular weight is 248 g/mol. The number of likely N-dealkylation sites (tertiary alicyclic amines) is 1. The van der Waals surface area contributed by atoms with Crippen LogP contribution < -0.4 is 5.73 Å². The van der Waals surface area contributed by atoms with Crippen LogP contribution in [0.4, 0.5) is 0 Å². The van der Waals surface area contributed by atoms with Gasteiger partial charge in [-0.05, 0) is 25.1 Å². The highest BCUT2D eigenvalue weighted by Gasteiger charge is 2.29. The van der Waals surface area contributed by atoms with E-state index in [1.165, 1.54) is 6.92 Å². The van der Waals surface area contributed by atoms with Gasteiger partial charge in [0.2, 0.25) is 5.91 Å². The van der Waals surface area contributed by atoms with E-state index < -0.39 is 5.97 Å². The Morgan fingerprint density at radius 3 is 2.25 bits per heavy atom. The number of nitrogens with zero attached hydrogens (tertiary/aromatic N) is 1. The number of aliphatic hydroxyl groups is 1. The monoisotopic (exact) mass is 248 g/mol. The van der Waals surface area contributed by atoms with Gasteiger partial charge in [-0.25, -0.2) is 0 Å². The topological polar surface area (TPSA) is 104 Å². The first kappa shape index (κ1) is 14.8. The van der Waals surface area contributed by atoms with Crippen LogP contribution in [0.3, 0.4) is 0 Å². The summed E-state index contributed by atoms with van der Waals surface area (Å²) >= 11 is 4.61. The molecule has 0 unspecified atom stereocenters. The fraction of sp³-hybridized carbons (Fsp3) is 0.667. The van der Waals surface area contributed by atoms with Crippen LogP contribution in [0, 0.1) is 0 Å². The van der Waals surface area contributed by atoms with E-state index in [2.05, 4.69) is 18.0 Å². The summed E-state index contributed by atoms with van der Waals surface area (Å²) in [6.45, 7) is 1.94. The van der Waals surface area contributed by atoms with Crippen molar-refractivity contribution in [1.82, 2.24) is 4.90 Å². The summed E-state index contributed by atoms with van der Waals surface area (Å²) in [4.78, 5) is 21.8. The Morgan fingerprint density at radius 1 is 1.50 bits per heavy atom. The molecule has 1 aliphatic rings. The van der Waals surface area contributed by atoms with Gasteiger partial charge in [-0.15, -0.1) is 0 Å². The van der Waals surface area contributed by atoms with Crippen molar-refractivity contribution in [3.63, 3.8) is 0 Å². The molecule has 1 heterocycles. The minimum absolute atomic E-state index is 0.0103. The number of carbonyl (C=O) groups excluding carboxylic acids is 1. The van der Waals surface area contributed by atoms with E-state index in [1.54, 1.807) is 4.90 Å². The number of rotatable bonds is 2. The van der Waals surface area contributed by atoms with Gasteiger partial charge in [-0.1, -0.05) is 0 Å². The fourth-order valence-corrected chi connectivity index (χ4v) is 1.65. The quantitative estimate of drug-likeness (QED) is 0.590. The molecule has 1 rings (SSSR count). The molecule has 1 fully saturated rings. The molecular formula is C9H16N2O4S. The summed E-state index contributed by atoms with van der Waals surface area (Å²) in [6.07, 6.45) is 1.74. The van der Waals surface area contributed by atoms with Crippen LogP contribution in [0.2, 0.25) is 0 Å². The molecule has 0 spiro atoms. The molecule has 1 atom stereocenters. The SMILES string of the molecule is CC(=O)N1CCC[C@H]1C(O)=S.NCC(=O)O. The number of carboxylic acids is 1. The molecule has 7 heteroatoms. The molecular weight excluding hydrogens is 232 g/mol. The summed E-state index contributed by atoms with van der Waals surface area (Å²) in [5, 5.41) is 16.5. The fourth-order valence-electron chi connectivity index (χ4n) is 1.40. The number of thiocarbonyl (C=S) groups is 1. The summed E-state index contributed by atoms with van der Waals surface area (Å²) in [7, 11) is 0. The second-order valence-electron chi connectivity index (χ2n) is 3.31. The summed E-state index contributed by atoms with van der Waals surface area (Å²) in [6, 6.07) is -0.206. The number of aliphatic carboxylic acids is 1. The van der Waals surface area contributed by atoms with E-state index >= 15 is 0 Å². The second kappa shape index (κ2) is 7.13. The highest BCUT2D eigenvalue weighted by atomic mass is 32.1. The van der Waals surface area contributed by atoms with Gasteiger partial charge in [0.05, 0.1) is 12.6 Å². The lowest BCUT2D eigenvalue weighted by atomic mass is 10.2. The Hall–Kier alpha value is -1.21. The van der Waals surface area contributed by atoms with Crippen LogP contribution in [0.5, 0.6) is 0 Å². The standard InChI is InChI=1S/C7H11NO2S.C2H5NO2/c1-5(9)8-4-2-3-6(8)7(10)11;3-1-2(4)5/h6H,2-4H2,1H3,(H,10,11);1,3H2,(H,4,5)/t6-;/m0./s1. The maximum atomic E-state index is 10.9. The van der Waals surface area contributed by atoms with Crippen molar-refractivity contribution >= 4 is 29.1 Å². The molecule has 0 aliphatic carbocycles. The lowest BCUT2D eigenvalue weighted by Gasteiger charge is -2.20. The number of carboxylic acid groups (broad SMARTS) is 1. The van der Waals surface area contributed by atoms with Crippen molar-refractivity contribution in [3.05, 3.63) is 0 Å². The molecule has 0 aromatic heterocycles. The Labute approximate surface area is 99.0 Å². The lowest BCUT2D eigenvalue weighted by Crippen LogP contribution is -2.38. The summed E-state index contributed by atoms with van der Waals surface area (Å²) < 4.78 is 0. The van der Waals surface area contributed by atoms with E-state index in [4.69, 9.17) is 10.2 Å². The van der Waals surface area contributed by atoms with Crippen molar-refractivity contribution in [2.75, 3.05) is 13.1 Å². The Balaban J connectivity index is 0.000000385. The number of hydrogen-bond donors (Lipinski definition) is 3. The molecule has 1 saturated heterocycles. The lowest BCUT2D eigenvalue weighted by molar-refractivity contribution is -0.135. The van der Waals surface area contributed by atoms with E-state index in [-0.39, 0.29) is 23.5 Å².